The minimum absolute atomic E-state index is 0.141. The van der Waals surface area contributed by atoms with Gasteiger partial charge in [-0.3, -0.25) is 4.98 Å². The van der Waals surface area contributed by atoms with Gasteiger partial charge < -0.3 is 5.32 Å². The molecule has 0 aliphatic rings. The molecule has 0 aliphatic heterocycles. The molecule has 1 unspecified atom stereocenters. The largest absolute Gasteiger partial charge is 0.407 e. The Hall–Kier alpha value is -1.10. The Kier molecular flexibility index (Phi) is 3.46. The van der Waals surface area contributed by atoms with Crippen LogP contribution in [0.3, 0.4) is 0 Å². The second kappa shape index (κ2) is 4.41. The van der Waals surface area contributed by atoms with Gasteiger partial charge in [-0.2, -0.15) is 13.2 Å². The maximum Gasteiger partial charge on any atom is 0.407 e. The number of pyridine rings is 1. The summed E-state index contributed by atoms with van der Waals surface area (Å²) in [5, 5.41) is 2.37. The summed E-state index contributed by atoms with van der Waals surface area (Å²) in [5.41, 5.74) is 0.141. The molecule has 0 aliphatic carbocycles. The lowest BCUT2D eigenvalue weighted by Gasteiger charge is -2.20. The Morgan fingerprint density at radius 1 is 1.50 bits per heavy atom. The second-order valence-electron chi connectivity index (χ2n) is 2.82. The monoisotopic (exact) mass is 204 g/mol. The van der Waals surface area contributed by atoms with Crippen LogP contribution in [0.15, 0.2) is 24.5 Å². The van der Waals surface area contributed by atoms with Crippen LogP contribution >= 0.6 is 0 Å². The molecule has 0 amide bonds. The highest BCUT2D eigenvalue weighted by Gasteiger charge is 2.40. The summed E-state index contributed by atoms with van der Waals surface area (Å²) < 4.78 is 37.5. The summed E-state index contributed by atoms with van der Waals surface area (Å²) in [6, 6.07) is 1.28. The first-order chi connectivity index (χ1) is 6.55. The number of nitrogens with one attached hydrogen (secondary N) is 1. The fourth-order valence-electron chi connectivity index (χ4n) is 1.17. The predicted molar refractivity (Wildman–Crippen MR) is 46.7 cm³/mol. The lowest BCUT2D eigenvalue weighted by molar-refractivity contribution is -0.157. The zero-order valence-electron chi connectivity index (χ0n) is 7.67. The maximum atomic E-state index is 12.5. The van der Waals surface area contributed by atoms with E-state index in [0.717, 1.165) is 0 Å². The zero-order valence-corrected chi connectivity index (χ0v) is 7.67. The van der Waals surface area contributed by atoms with E-state index < -0.39 is 12.2 Å². The average Bonchev–Trinajstić information content (AvgIpc) is 2.14. The Balaban J connectivity index is 2.89. The highest BCUT2D eigenvalue weighted by atomic mass is 19.4. The van der Waals surface area contributed by atoms with Gasteiger partial charge in [-0.25, -0.2) is 0 Å². The van der Waals surface area contributed by atoms with E-state index in [1.54, 1.807) is 6.92 Å². The molecule has 0 saturated carbocycles. The van der Waals surface area contributed by atoms with E-state index in [1.165, 1.54) is 24.5 Å². The molecular formula is C9H11F3N2. The summed E-state index contributed by atoms with van der Waals surface area (Å²) in [6.07, 6.45) is -1.61. The van der Waals surface area contributed by atoms with Gasteiger partial charge in [0.05, 0.1) is 0 Å². The zero-order chi connectivity index (χ0) is 10.6. The second-order valence-corrected chi connectivity index (χ2v) is 2.82. The van der Waals surface area contributed by atoms with Crippen LogP contribution in [0.4, 0.5) is 13.2 Å². The third kappa shape index (κ3) is 2.70. The quantitative estimate of drug-likeness (QED) is 0.817. The van der Waals surface area contributed by atoms with Crippen LogP contribution in [0.25, 0.3) is 0 Å². The molecule has 0 fully saturated rings. The third-order valence-corrected chi connectivity index (χ3v) is 1.75. The molecule has 0 spiro atoms. The van der Waals surface area contributed by atoms with Gasteiger partial charge in [-0.15, -0.1) is 0 Å². The molecule has 0 saturated heterocycles. The lowest BCUT2D eigenvalue weighted by Crippen LogP contribution is -2.34. The molecule has 78 valence electrons. The van der Waals surface area contributed by atoms with Crippen molar-refractivity contribution < 1.29 is 13.2 Å². The summed E-state index contributed by atoms with van der Waals surface area (Å²) >= 11 is 0. The topological polar surface area (TPSA) is 24.9 Å². The number of nitrogens with zero attached hydrogens (tertiary/aromatic N) is 1. The van der Waals surface area contributed by atoms with Crippen LogP contribution in [-0.2, 0) is 0 Å². The molecule has 2 nitrogen and oxygen atoms in total. The van der Waals surface area contributed by atoms with Crippen molar-refractivity contribution in [2.75, 3.05) is 6.54 Å². The number of halogens is 3. The van der Waals surface area contributed by atoms with Crippen molar-refractivity contribution in [1.29, 1.82) is 0 Å². The standard InChI is InChI=1S/C9H11F3N2/c1-2-14-8(9(10,11)12)7-4-3-5-13-6-7/h3-6,8,14H,2H2,1H3. The number of aromatic nitrogens is 1. The SMILES string of the molecule is CCNC(c1cccnc1)C(F)(F)F. The van der Waals surface area contributed by atoms with Crippen LogP contribution in [0, 0.1) is 0 Å². The highest BCUT2D eigenvalue weighted by molar-refractivity contribution is 5.15. The van der Waals surface area contributed by atoms with Crippen LogP contribution in [0.5, 0.6) is 0 Å². The van der Waals surface area contributed by atoms with E-state index in [9.17, 15) is 13.2 Å². The first-order valence-electron chi connectivity index (χ1n) is 4.25. The smallest absolute Gasteiger partial charge is 0.303 e. The van der Waals surface area contributed by atoms with Gasteiger partial charge in [0.1, 0.15) is 6.04 Å². The van der Waals surface area contributed by atoms with Crippen LogP contribution in [0.1, 0.15) is 18.5 Å². The van der Waals surface area contributed by atoms with E-state index in [-0.39, 0.29) is 12.1 Å². The Morgan fingerprint density at radius 2 is 2.21 bits per heavy atom. The molecule has 14 heavy (non-hydrogen) atoms. The lowest BCUT2D eigenvalue weighted by atomic mass is 10.1. The van der Waals surface area contributed by atoms with Crippen LogP contribution in [-0.4, -0.2) is 17.7 Å². The summed E-state index contributed by atoms with van der Waals surface area (Å²) in [7, 11) is 0. The fraction of sp³-hybridized carbons (Fsp3) is 0.444. The molecule has 1 heterocycles. The van der Waals surface area contributed by atoms with Gasteiger partial charge in [-0.1, -0.05) is 13.0 Å². The van der Waals surface area contributed by atoms with Crippen LogP contribution < -0.4 is 5.32 Å². The molecule has 0 radical (unpaired) electrons. The van der Waals surface area contributed by atoms with Crippen molar-refractivity contribution in [1.82, 2.24) is 10.3 Å². The minimum Gasteiger partial charge on any atom is -0.303 e. The molecule has 1 aromatic heterocycles. The molecular weight excluding hydrogens is 193 g/mol. The number of alkyl halides is 3. The van der Waals surface area contributed by atoms with Crippen molar-refractivity contribution >= 4 is 0 Å². The van der Waals surface area contributed by atoms with E-state index in [1.807, 2.05) is 0 Å². The van der Waals surface area contributed by atoms with Gasteiger partial charge in [0.15, 0.2) is 0 Å². The average molecular weight is 204 g/mol. The van der Waals surface area contributed by atoms with Crippen LogP contribution in [0.2, 0.25) is 0 Å². The first-order valence-corrected chi connectivity index (χ1v) is 4.25. The summed E-state index contributed by atoms with van der Waals surface area (Å²) in [5.74, 6) is 0. The molecule has 5 heteroatoms. The van der Waals surface area contributed by atoms with Gasteiger partial charge in [0, 0.05) is 12.4 Å². The fourth-order valence-corrected chi connectivity index (χ4v) is 1.17. The number of hydrogen-bond acceptors (Lipinski definition) is 2. The molecule has 1 N–H and O–H groups in total. The van der Waals surface area contributed by atoms with Crippen molar-refractivity contribution in [3.05, 3.63) is 30.1 Å². The van der Waals surface area contributed by atoms with Gasteiger partial charge in [-0.05, 0) is 18.2 Å². The predicted octanol–water partition coefficient (Wildman–Crippen LogP) is 2.29. The Bertz CT molecular complexity index is 271. The Morgan fingerprint density at radius 3 is 2.64 bits per heavy atom. The third-order valence-electron chi connectivity index (χ3n) is 1.75. The normalized spacial score (nSPS) is 14.0. The maximum absolute atomic E-state index is 12.5. The number of rotatable bonds is 3. The summed E-state index contributed by atoms with van der Waals surface area (Å²) in [6.45, 7) is 1.90. The van der Waals surface area contributed by atoms with Gasteiger partial charge in [0.2, 0.25) is 0 Å². The highest BCUT2D eigenvalue weighted by Crippen LogP contribution is 2.31. The van der Waals surface area contributed by atoms with Crippen molar-refractivity contribution in [3.63, 3.8) is 0 Å². The molecule has 0 bridgehead atoms. The molecule has 1 rings (SSSR count). The van der Waals surface area contributed by atoms with E-state index in [2.05, 4.69) is 10.3 Å². The van der Waals surface area contributed by atoms with Crippen molar-refractivity contribution in [2.45, 2.75) is 19.1 Å². The number of hydrogen-bond donors (Lipinski definition) is 1. The van der Waals surface area contributed by atoms with Crippen molar-refractivity contribution in [2.24, 2.45) is 0 Å². The summed E-state index contributed by atoms with van der Waals surface area (Å²) in [4.78, 5) is 3.66. The minimum atomic E-state index is -4.28. The molecule has 0 aromatic carbocycles. The van der Waals surface area contributed by atoms with E-state index in [4.69, 9.17) is 0 Å². The van der Waals surface area contributed by atoms with Crippen molar-refractivity contribution in [3.8, 4) is 0 Å². The van der Waals surface area contributed by atoms with E-state index >= 15 is 0 Å². The van der Waals surface area contributed by atoms with E-state index in [0.29, 0.717) is 0 Å². The van der Waals surface area contributed by atoms with Gasteiger partial charge >= 0.3 is 6.18 Å². The Labute approximate surface area is 80.2 Å². The molecule has 1 aromatic rings. The first kappa shape index (κ1) is 11.0. The molecule has 1 atom stereocenters. The van der Waals surface area contributed by atoms with Gasteiger partial charge in [0.25, 0.3) is 0 Å².